The zero-order chi connectivity index (χ0) is 28.4. The van der Waals surface area contributed by atoms with Crippen LogP contribution in [0.1, 0.15) is 55.5 Å². The predicted octanol–water partition coefficient (Wildman–Crippen LogP) is 1.14. The second-order valence-corrected chi connectivity index (χ2v) is 10.2. The Kier molecular flexibility index (Phi) is 11.6. The normalized spacial score (nSPS) is 16.3. The highest BCUT2D eigenvalue weighted by Crippen LogP contribution is 2.22. The Balaban J connectivity index is 2.14. The Morgan fingerprint density at radius 3 is 2.58 bits per heavy atom. The topological polar surface area (TPSA) is 184 Å². The van der Waals surface area contributed by atoms with E-state index >= 15 is 0 Å². The molecule has 2 unspecified atom stereocenters. The molecule has 1 heterocycles. The molecule has 3 amide bonds. The summed E-state index contributed by atoms with van der Waals surface area (Å²) in [6.45, 7) is 2.79. The second kappa shape index (κ2) is 14.4. The first-order valence-corrected chi connectivity index (χ1v) is 13.0. The van der Waals surface area contributed by atoms with Crippen molar-refractivity contribution < 1.29 is 23.6 Å². The number of rotatable bonds is 12. The minimum absolute atomic E-state index is 0.111. The van der Waals surface area contributed by atoms with Crippen molar-refractivity contribution >= 4 is 45.4 Å². The summed E-state index contributed by atoms with van der Waals surface area (Å²) in [6.07, 6.45) is 1.38. The number of halogens is 2. The van der Waals surface area contributed by atoms with Gasteiger partial charge in [0, 0.05) is 23.1 Å². The summed E-state index contributed by atoms with van der Waals surface area (Å²) < 4.78 is 13.7. The zero-order valence-electron chi connectivity index (χ0n) is 21.4. The third-order valence-corrected chi connectivity index (χ3v) is 6.88. The SMILES string of the molecule is CC(C)C(NC(=O)c1ccc(Br)c(C#N)c1)C(=O)N1CCC[C@H]1C(=O)NC(CCCN=C(N)N)C(=O)CF. The molecule has 1 aromatic rings. The third-order valence-electron chi connectivity index (χ3n) is 6.19. The Morgan fingerprint density at radius 1 is 1.26 bits per heavy atom. The van der Waals surface area contributed by atoms with Gasteiger partial charge in [-0.3, -0.25) is 24.2 Å². The minimum Gasteiger partial charge on any atom is -0.370 e. The fraction of sp³-hybridized carbons (Fsp3) is 0.520. The van der Waals surface area contributed by atoms with Gasteiger partial charge in [-0.1, -0.05) is 13.8 Å². The van der Waals surface area contributed by atoms with Crippen molar-refractivity contribution in [3.63, 3.8) is 0 Å². The number of nitrogens with one attached hydrogen (secondary N) is 2. The van der Waals surface area contributed by atoms with E-state index in [1.807, 2.05) is 6.07 Å². The molecule has 3 atom stereocenters. The van der Waals surface area contributed by atoms with Crippen molar-refractivity contribution in [1.29, 1.82) is 5.26 Å². The van der Waals surface area contributed by atoms with Gasteiger partial charge in [-0.15, -0.1) is 0 Å². The molecule has 0 saturated carbocycles. The monoisotopic (exact) mass is 593 g/mol. The van der Waals surface area contributed by atoms with Gasteiger partial charge in [0.1, 0.15) is 24.8 Å². The van der Waals surface area contributed by atoms with E-state index in [9.17, 15) is 28.8 Å². The van der Waals surface area contributed by atoms with E-state index in [0.29, 0.717) is 30.3 Å². The molecule has 0 aliphatic carbocycles. The molecule has 0 spiro atoms. The van der Waals surface area contributed by atoms with Crippen molar-refractivity contribution in [2.24, 2.45) is 22.4 Å². The zero-order valence-corrected chi connectivity index (χ0v) is 23.0. The van der Waals surface area contributed by atoms with E-state index < -0.39 is 48.3 Å². The van der Waals surface area contributed by atoms with Crippen molar-refractivity contribution in [2.75, 3.05) is 19.8 Å². The average Bonchev–Trinajstić information content (AvgIpc) is 3.38. The smallest absolute Gasteiger partial charge is 0.251 e. The van der Waals surface area contributed by atoms with Crippen molar-refractivity contribution in [3.8, 4) is 6.07 Å². The van der Waals surface area contributed by atoms with E-state index in [0.717, 1.165) is 0 Å². The average molecular weight is 594 g/mol. The third kappa shape index (κ3) is 8.24. The van der Waals surface area contributed by atoms with E-state index in [4.69, 9.17) is 11.5 Å². The Labute approximate surface area is 229 Å². The van der Waals surface area contributed by atoms with Crippen molar-refractivity contribution in [2.45, 2.75) is 57.7 Å². The maximum absolute atomic E-state index is 13.5. The lowest BCUT2D eigenvalue weighted by molar-refractivity contribution is -0.141. The van der Waals surface area contributed by atoms with Crippen LogP contribution >= 0.6 is 15.9 Å². The van der Waals surface area contributed by atoms with Crippen LogP contribution in [0.3, 0.4) is 0 Å². The molecule has 0 aromatic heterocycles. The summed E-state index contributed by atoms with van der Waals surface area (Å²) in [6, 6.07) is 3.63. The molecule has 0 bridgehead atoms. The van der Waals surface area contributed by atoms with Gasteiger partial charge in [-0.2, -0.15) is 5.26 Å². The van der Waals surface area contributed by atoms with Crippen LogP contribution in [0.4, 0.5) is 4.39 Å². The summed E-state index contributed by atoms with van der Waals surface area (Å²) in [5.74, 6) is -2.74. The maximum atomic E-state index is 13.5. The number of amides is 3. The molecular weight excluding hydrogens is 561 g/mol. The molecule has 206 valence electrons. The Bertz CT molecular complexity index is 1120. The first-order valence-electron chi connectivity index (χ1n) is 12.3. The van der Waals surface area contributed by atoms with Crippen LogP contribution < -0.4 is 22.1 Å². The van der Waals surface area contributed by atoms with Gasteiger partial charge in [0.05, 0.1) is 11.6 Å². The van der Waals surface area contributed by atoms with Crippen LogP contribution in [0.5, 0.6) is 0 Å². The predicted molar refractivity (Wildman–Crippen MR) is 143 cm³/mol. The van der Waals surface area contributed by atoms with Crippen LogP contribution in [0.15, 0.2) is 27.7 Å². The molecule has 13 heteroatoms. The number of Topliss-reactive ketones (excluding diaryl/α,β-unsaturated/α-hetero) is 1. The molecule has 1 aliphatic heterocycles. The number of aliphatic imine (C=N–C) groups is 1. The van der Waals surface area contributed by atoms with Gasteiger partial charge in [-0.25, -0.2) is 4.39 Å². The molecule has 38 heavy (non-hydrogen) atoms. The molecule has 6 N–H and O–H groups in total. The highest BCUT2D eigenvalue weighted by atomic mass is 79.9. The Hall–Kier alpha value is -3.53. The summed E-state index contributed by atoms with van der Waals surface area (Å²) in [5, 5.41) is 14.5. The molecule has 11 nitrogen and oxygen atoms in total. The molecule has 0 radical (unpaired) electrons. The fourth-order valence-electron chi connectivity index (χ4n) is 4.15. The van der Waals surface area contributed by atoms with E-state index in [-0.39, 0.29) is 36.0 Å². The highest BCUT2D eigenvalue weighted by Gasteiger charge is 2.39. The van der Waals surface area contributed by atoms with Gasteiger partial charge >= 0.3 is 0 Å². The minimum atomic E-state index is -1.24. The van der Waals surface area contributed by atoms with Crippen molar-refractivity contribution in [1.82, 2.24) is 15.5 Å². The lowest BCUT2D eigenvalue weighted by atomic mass is 10.0. The van der Waals surface area contributed by atoms with Crippen LogP contribution in [0, 0.1) is 17.2 Å². The molecule has 1 aromatic carbocycles. The molecule has 1 aliphatic rings. The molecule has 2 rings (SSSR count). The highest BCUT2D eigenvalue weighted by molar-refractivity contribution is 9.10. The summed E-state index contributed by atoms with van der Waals surface area (Å²) in [7, 11) is 0. The summed E-state index contributed by atoms with van der Waals surface area (Å²) in [5.41, 5.74) is 11.1. The van der Waals surface area contributed by atoms with E-state index in [1.54, 1.807) is 19.9 Å². The summed E-state index contributed by atoms with van der Waals surface area (Å²) >= 11 is 3.24. The van der Waals surface area contributed by atoms with Crippen LogP contribution in [-0.2, 0) is 14.4 Å². The lowest BCUT2D eigenvalue weighted by Gasteiger charge is -2.31. The number of nitrogens with two attached hydrogens (primary N) is 2. The number of hydrogen-bond acceptors (Lipinski definition) is 6. The number of nitrogens with zero attached hydrogens (tertiary/aromatic N) is 3. The van der Waals surface area contributed by atoms with Crippen molar-refractivity contribution in [3.05, 3.63) is 33.8 Å². The maximum Gasteiger partial charge on any atom is 0.251 e. The largest absolute Gasteiger partial charge is 0.370 e. The van der Waals surface area contributed by atoms with Crippen LogP contribution in [0.25, 0.3) is 0 Å². The van der Waals surface area contributed by atoms with E-state index in [1.165, 1.54) is 17.0 Å². The molecular formula is C25H33BrFN7O4. The lowest BCUT2D eigenvalue weighted by Crippen LogP contribution is -2.56. The quantitative estimate of drug-likeness (QED) is 0.159. The number of carbonyl (C=O) groups is 4. The number of carbonyl (C=O) groups excluding carboxylic acids is 4. The van der Waals surface area contributed by atoms with Gasteiger partial charge in [0.25, 0.3) is 5.91 Å². The number of benzene rings is 1. The molecule has 1 saturated heterocycles. The number of guanidine groups is 1. The van der Waals surface area contributed by atoms with Gasteiger partial charge in [0.2, 0.25) is 11.8 Å². The van der Waals surface area contributed by atoms with Gasteiger partial charge in [-0.05, 0) is 65.7 Å². The fourth-order valence-corrected chi connectivity index (χ4v) is 4.49. The first kappa shape index (κ1) is 30.7. The number of hydrogen-bond donors (Lipinski definition) is 4. The van der Waals surface area contributed by atoms with Crippen LogP contribution in [0.2, 0.25) is 0 Å². The van der Waals surface area contributed by atoms with Gasteiger partial charge < -0.3 is 27.0 Å². The summed E-state index contributed by atoms with van der Waals surface area (Å²) in [4.78, 5) is 56.8. The standard InChI is InChI=1S/C25H33BrFN7O4/c1-14(2)21(33-22(36)15-7-8-17(26)16(11-15)13-28)24(38)34-10-4-6-19(34)23(37)32-18(20(35)12-27)5-3-9-31-25(29)30/h7-8,11,14,18-19,21H,3-6,9-10,12H2,1-2H3,(H,32,37)(H,33,36)(H4,29,30,31)/t18?,19-,21?/m0/s1. The van der Waals surface area contributed by atoms with Crippen LogP contribution in [-0.4, -0.2) is 72.3 Å². The Morgan fingerprint density at radius 2 is 1.97 bits per heavy atom. The number of ketones is 1. The van der Waals surface area contributed by atoms with Gasteiger partial charge in [0.15, 0.2) is 11.7 Å². The number of alkyl halides is 1. The molecule has 1 fully saturated rings. The number of nitriles is 1. The van der Waals surface area contributed by atoms with E-state index in [2.05, 4.69) is 31.6 Å². The number of likely N-dealkylation sites (tertiary alicyclic amines) is 1. The second-order valence-electron chi connectivity index (χ2n) is 9.30. The first-order chi connectivity index (χ1) is 18.0.